The predicted octanol–water partition coefficient (Wildman–Crippen LogP) is 6.84. The normalized spacial score (nSPS) is 22.4. The summed E-state index contributed by atoms with van der Waals surface area (Å²) < 4.78 is 9.21. The first-order valence-corrected chi connectivity index (χ1v) is 16.6. The SMILES string of the molecule is CC1(C)[C@H](Nc2c(/C(N)=N/c3ccc(O[Si](C)(C)C(C)(C)C)cc3)cnn3cc(Br)cc23)CC[C@]1(C)N. The number of benzene rings is 1. The van der Waals surface area contributed by atoms with E-state index in [9.17, 15) is 0 Å². The standard InChI is InChI=1S/C28H41BrN6OSi/c1-26(2,3)37(7,8)36-20-11-9-19(10-12-20)33-25(30)21-16-32-35-17-18(29)15-22(35)24(21)34-23-13-14-28(6,31)27(23,4)5/h9-12,15-17,23,34H,13-14,31H2,1-8H3,(H2,30,33)/t23-,28+/m1/s1. The number of amidine groups is 1. The number of hydrogen-bond acceptors (Lipinski definition) is 5. The molecule has 9 heteroatoms. The molecule has 0 unspecified atom stereocenters. The maximum absolute atomic E-state index is 6.67. The molecule has 0 spiro atoms. The highest BCUT2D eigenvalue weighted by Gasteiger charge is 2.49. The largest absolute Gasteiger partial charge is 0.544 e. The highest BCUT2D eigenvalue weighted by atomic mass is 79.9. The van der Waals surface area contributed by atoms with E-state index in [1.54, 1.807) is 6.20 Å². The summed E-state index contributed by atoms with van der Waals surface area (Å²) in [7, 11) is -1.91. The maximum atomic E-state index is 6.67. The second-order valence-electron chi connectivity index (χ2n) is 12.6. The molecule has 1 aliphatic rings. The van der Waals surface area contributed by atoms with E-state index in [1.807, 2.05) is 41.0 Å². The Labute approximate surface area is 230 Å². The van der Waals surface area contributed by atoms with Crippen molar-refractivity contribution in [3.8, 4) is 5.75 Å². The maximum Gasteiger partial charge on any atom is 0.250 e. The third-order valence-electron chi connectivity index (χ3n) is 8.76. The van der Waals surface area contributed by atoms with Gasteiger partial charge in [0.25, 0.3) is 0 Å². The van der Waals surface area contributed by atoms with Crippen LogP contribution in [0.1, 0.15) is 59.9 Å². The van der Waals surface area contributed by atoms with Crippen molar-refractivity contribution in [1.82, 2.24) is 9.61 Å². The van der Waals surface area contributed by atoms with E-state index in [0.29, 0.717) is 5.84 Å². The smallest absolute Gasteiger partial charge is 0.250 e. The lowest BCUT2D eigenvalue weighted by molar-refractivity contribution is 0.215. The molecule has 1 saturated carbocycles. The minimum Gasteiger partial charge on any atom is -0.544 e. The van der Waals surface area contributed by atoms with Crippen LogP contribution >= 0.6 is 15.9 Å². The summed E-state index contributed by atoms with van der Waals surface area (Å²) in [5, 5.41) is 8.51. The molecule has 0 aliphatic heterocycles. The number of nitrogens with two attached hydrogens (primary N) is 2. The zero-order valence-electron chi connectivity index (χ0n) is 23.3. The van der Waals surface area contributed by atoms with Crippen LogP contribution in [0.15, 0.2) is 52.2 Å². The molecule has 3 aromatic rings. The highest BCUT2D eigenvalue weighted by Crippen LogP contribution is 2.46. The Kier molecular flexibility index (Phi) is 7.05. The van der Waals surface area contributed by atoms with E-state index in [2.05, 4.69) is 81.0 Å². The van der Waals surface area contributed by atoms with Crippen LogP contribution < -0.4 is 21.2 Å². The lowest BCUT2D eigenvalue weighted by Crippen LogP contribution is -2.51. The van der Waals surface area contributed by atoms with Gasteiger partial charge in [-0.1, -0.05) is 34.6 Å². The van der Waals surface area contributed by atoms with E-state index in [4.69, 9.17) is 20.9 Å². The summed E-state index contributed by atoms with van der Waals surface area (Å²) in [5.74, 6) is 1.26. The van der Waals surface area contributed by atoms with Gasteiger partial charge in [-0.3, -0.25) is 0 Å². The predicted molar refractivity (Wildman–Crippen MR) is 161 cm³/mol. The van der Waals surface area contributed by atoms with Gasteiger partial charge in [-0.2, -0.15) is 5.10 Å². The van der Waals surface area contributed by atoms with Gasteiger partial charge in [0.05, 0.1) is 28.7 Å². The van der Waals surface area contributed by atoms with Gasteiger partial charge in [-0.05, 0) is 84.2 Å². The number of aliphatic imine (C=N–C) groups is 1. The minimum absolute atomic E-state index is 0.111. The van der Waals surface area contributed by atoms with Crippen molar-refractivity contribution in [2.24, 2.45) is 21.9 Å². The first-order chi connectivity index (χ1) is 17.0. The summed E-state index contributed by atoms with van der Waals surface area (Å²) in [6.45, 7) is 17.8. The van der Waals surface area contributed by atoms with Crippen molar-refractivity contribution in [2.45, 2.75) is 84.1 Å². The van der Waals surface area contributed by atoms with Crippen LogP contribution in [-0.2, 0) is 0 Å². The molecule has 0 radical (unpaired) electrons. The molecule has 0 saturated heterocycles. The lowest BCUT2D eigenvalue weighted by Gasteiger charge is -2.39. The van der Waals surface area contributed by atoms with Crippen molar-refractivity contribution in [3.05, 3.63) is 52.8 Å². The van der Waals surface area contributed by atoms with Crippen LogP contribution in [0, 0.1) is 5.41 Å². The van der Waals surface area contributed by atoms with Gasteiger partial charge >= 0.3 is 0 Å². The summed E-state index contributed by atoms with van der Waals surface area (Å²) >= 11 is 3.59. The third kappa shape index (κ3) is 5.31. The molecule has 1 fully saturated rings. The van der Waals surface area contributed by atoms with Crippen LogP contribution in [0.4, 0.5) is 11.4 Å². The molecular weight excluding hydrogens is 544 g/mol. The van der Waals surface area contributed by atoms with E-state index in [-0.39, 0.29) is 22.0 Å². The molecule has 37 heavy (non-hydrogen) atoms. The van der Waals surface area contributed by atoms with Gasteiger partial charge in [0, 0.05) is 27.7 Å². The molecule has 2 aromatic heterocycles. The van der Waals surface area contributed by atoms with Crippen molar-refractivity contribution in [2.75, 3.05) is 5.32 Å². The molecule has 1 aromatic carbocycles. The fourth-order valence-corrected chi connectivity index (χ4v) is 6.00. The zero-order chi connectivity index (χ0) is 27.4. The Morgan fingerprint density at radius 3 is 2.43 bits per heavy atom. The Morgan fingerprint density at radius 2 is 1.86 bits per heavy atom. The number of aromatic nitrogens is 2. The Bertz CT molecular complexity index is 1320. The third-order valence-corrected chi connectivity index (χ3v) is 13.6. The van der Waals surface area contributed by atoms with Gasteiger partial charge in [0.1, 0.15) is 11.6 Å². The van der Waals surface area contributed by atoms with Crippen molar-refractivity contribution in [1.29, 1.82) is 0 Å². The lowest BCUT2D eigenvalue weighted by atomic mass is 9.75. The van der Waals surface area contributed by atoms with Crippen LogP contribution in [-0.4, -0.2) is 35.3 Å². The number of fused-ring (bicyclic) bond motifs is 1. The average molecular weight is 586 g/mol. The number of rotatable bonds is 6. The molecule has 5 N–H and O–H groups in total. The fraction of sp³-hybridized carbons (Fsp3) is 0.500. The Hall–Kier alpha value is -2.36. The van der Waals surface area contributed by atoms with Gasteiger partial charge in [0.15, 0.2) is 0 Å². The second kappa shape index (κ2) is 9.43. The van der Waals surface area contributed by atoms with Crippen LogP contribution in [0.3, 0.4) is 0 Å². The van der Waals surface area contributed by atoms with Gasteiger partial charge in [-0.15, -0.1) is 0 Å². The molecule has 2 atom stereocenters. The van der Waals surface area contributed by atoms with Gasteiger partial charge < -0.3 is 21.2 Å². The van der Waals surface area contributed by atoms with Crippen LogP contribution in [0.5, 0.6) is 5.75 Å². The molecule has 4 rings (SSSR count). The average Bonchev–Trinajstić information content (AvgIpc) is 3.25. The molecule has 200 valence electrons. The molecule has 7 nitrogen and oxygen atoms in total. The minimum atomic E-state index is -1.91. The molecule has 1 aliphatic carbocycles. The monoisotopic (exact) mass is 584 g/mol. The fourth-order valence-electron chi connectivity index (χ4n) is 4.56. The number of anilines is 1. The van der Waals surface area contributed by atoms with E-state index in [0.717, 1.165) is 45.5 Å². The van der Waals surface area contributed by atoms with E-state index < -0.39 is 8.32 Å². The van der Waals surface area contributed by atoms with Crippen molar-refractivity contribution >= 4 is 47.0 Å². The van der Waals surface area contributed by atoms with Crippen molar-refractivity contribution < 1.29 is 4.43 Å². The van der Waals surface area contributed by atoms with Crippen molar-refractivity contribution in [3.63, 3.8) is 0 Å². The number of nitrogens with one attached hydrogen (secondary N) is 1. The summed E-state index contributed by atoms with van der Waals surface area (Å²) in [5.41, 5.74) is 16.3. The first kappa shape index (κ1) is 27.7. The van der Waals surface area contributed by atoms with Gasteiger partial charge in [-0.25, -0.2) is 9.51 Å². The van der Waals surface area contributed by atoms with E-state index >= 15 is 0 Å². The van der Waals surface area contributed by atoms with E-state index in [1.165, 1.54) is 0 Å². The molecule has 0 amide bonds. The highest BCUT2D eigenvalue weighted by molar-refractivity contribution is 9.10. The summed E-state index contributed by atoms with van der Waals surface area (Å²) in [4.78, 5) is 4.75. The van der Waals surface area contributed by atoms with Crippen LogP contribution in [0.25, 0.3) is 5.52 Å². The first-order valence-electron chi connectivity index (χ1n) is 12.9. The summed E-state index contributed by atoms with van der Waals surface area (Å²) in [6.07, 6.45) is 5.64. The zero-order valence-corrected chi connectivity index (χ0v) is 25.9. The molecular formula is C28H41BrN6OSi. The Balaban J connectivity index is 1.67. The number of hydrogen-bond donors (Lipinski definition) is 3. The Morgan fingerprint density at radius 1 is 1.22 bits per heavy atom. The number of nitrogens with zero attached hydrogens (tertiary/aromatic N) is 3. The summed E-state index contributed by atoms with van der Waals surface area (Å²) in [6, 6.07) is 10.1. The topological polar surface area (TPSA) is 103 Å². The quantitative estimate of drug-likeness (QED) is 0.167. The molecule has 2 heterocycles. The van der Waals surface area contributed by atoms with Crippen LogP contribution in [0.2, 0.25) is 18.1 Å². The second-order valence-corrected chi connectivity index (χ2v) is 18.3. The number of halogens is 1. The molecule has 0 bridgehead atoms. The van der Waals surface area contributed by atoms with Gasteiger partial charge in [0.2, 0.25) is 8.32 Å².